The molecule has 0 unspecified atom stereocenters. The molecule has 0 aliphatic carbocycles. The summed E-state index contributed by atoms with van der Waals surface area (Å²) in [7, 11) is 0. The quantitative estimate of drug-likeness (QED) is 0.351. The van der Waals surface area contributed by atoms with Crippen LogP contribution >= 0.6 is 23.2 Å². The van der Waals surface area contributed by atoms with E-state index in [1.807, 2.05) is 0 Å². The number of carbonyl (C=O) groups excluding carboxylic acids is 2. The van der Waals surface area contributed by atoms with Crippen molar-refractivity contribution in [1.82, 2.24) is 0 Å². The Morgan fingerprint density at radius 3 is 1.57 bits per heavy atom. The number of nitrogens with zero attached hydrogens (tertiary/aromatic N) is 4. The average Bonchev–Trinajstić information content (AvgIpc) is 3.25. The molecule has 9 nitrogen and oxygen atoms in total. The van der Waals surface area contributed by atoms with E-state index < -0.39 is 0 Å². The van der Waals surface area contributed by atoms with E-state index in [9.17, 15) is 9.59 Å². The molecule has 0 saturated carbocycles. The van der Waals surface area contributed by atoms with Crippen LogP contribution < -0.4 is 9.80 Å². The van der Waals surface area contributed by atoms with Crippen LogP contribution in [0.4, 0.5) is 11.4 Å². The van der Waals surface area contributed by atoms with Crippen LogP contribution in [0.25, 0.3) is 0 Å². The van der Waals surface area contributed by atoms with Gasteiger partial charge in [-0.15, -0.1) is 0 Å². The Balaban J connectivity index is 1.38. The molecule has 35 heavy (non-hydrogen) atoms. The molecule has 2 aromatic rings. The number of rotatable bonds is 10. The van der Waals surface area contributed by atoms with Crippen LogP contribution in [0.1, 0.15) is 25.0 Å². The van der Waals surface area contributed by atoms with Crippen molar-refractivity contribution in [3.63, 3.8) is 0 Å². The van der Waals surface area contributed by atoms with Crippen LogP contribution in [-0.4, -0.2) is 62.8 Å². The molecule has 0 atom stereocenters. The molecule has 0 aromatic heterocycles. The fourth-order valence-corrected chi connectivity index (χ4v) is 4.21. The monoisotopic (exact) mass is 518 g/mol. The van der Waals surface area contributed by atoms with Gasteiger partial charge in [0.15, 0.2) is 11.4 Å². The number of hydrogen-bond acceptors (Lipinski definition) is 7. The number of oxime groups is 2. The number of ether oxygens (including phenoxy) is 1. The van der Waals surface area contributed by atoms with E-state index in [4.69, 9.17) is 37.6 Å². The maximum absolute atomic E-state index is 12.9. The summed E-state index contributed by atoms with van der Waals surface area (Å²) in [4.78, 5) is 39.2. The van der Waals surface area contributed by atoms with E-state index >= 15 is 0 Å². The van der Waals surface area contributed by atoms with Crippen molar-refractivity contribution < 1.29 is 24.0 Å². The van der Waals surface area contributed by atoms with Crippen molar-refractivity contribution in [1.29, 1.82) is 0 Å². The highest BCUT2D eigenvalue weighted by atomic mass is 35.5. The number of benzene rings is 2. The molecule has 2 aromatic carbocycles. The molecule has 0 fully saturated rings. The second kappa shape index (κ2) is 11.1. The molecular formula is C24H24Cl2N4O5. The molecule has 0 N–H and O–H groups in total. The molecule has 0 radical (unpaired) electrons. The SMILES string of the molecule is CCO/N=C1\C(=O)N(CCOCCN2C(=O)/C(=N/OCC)c3cc(Cl)ccc32)c2ccc(Cl)cc21. The van der Waals surface area contributed by atoms with Gasteiger partial charge in [-0.3, -0.25) is 9.59 Å². The smallest absolute Gasteiger partial charge is 0.281 e. The topological polar surface area (TPSA) is 93.0 Å². The first-order valence-corrected chi connectivity index (χ1v) is 11.9. The van der Waals surface area contributed by atoms with Gasteiger partial charge in [0.2, 0.25) is 0 Å². The van der Waals surface area contributed by atoms with Gasteiger partial charge in [-0.25, -0.2) is 0 Å². The van der Waals surface area contributed by atoms with Crippen LogP contribution in [0.3, 0.4) is 0 Å². The maximum Gasteiger partial charge on any atom is 0.281 e. The molecule has 184 valence electrons. The Morgan fingerprint density at radius 1 is 0.743 bits per heavy atom. The summed E-state index contributed by atoms with van der Waals surface area (Å²) >= 11 is 12.2. The summed E-state index contributed by atoms with van der Waals surface area (Å²) in [6.07, 6.45) is 0. The molecular weight excluding hydrogens is 495 g/mol. The number of carbonyl (C=O) groups is 2. The van der Waals surface area contributed by atoms with Gasteiger partial charge in [0.05, 0.1) is 24.6 Å². The Labute approximate surface area is 212 Å². The van der Waals surface area contributed by atoms with Crippen LogP contribution in [-0.2, 0) is 24.0 Å². The zero-order valence-electron chi connectivity index (χ0n) is 19.3. The highest BCUT2D eigenvalue weighted by Crippen LogP contribution is 2.33. The third-order valence-corrected chi connectivity index (χ3v) is 5.86. The highest BCUT2D eigenvalue weighted by Gasteiger charge is 2.36. The zero-order valence-corrected chi connectivity index (χ0v) is 20.8. The standard InChI is InChI=1S/C24H24Cl2N4O5/c1-3-34-27-21-17-13-15(25)5-7-19(17)29(23(21)31)9-11-33-12-10-30-20-8-6-16(26)14-18(20)22(24(30)32)28-35-4-2/h5-8,13-14H,3-4,9-12H2,1-2H3/b27-21-,28-22+. The van der Waals surface area contributed by atoms with Gasteiger partial charge in [-0.2, -0.15) is 0 Å². The minimum Gasteiger partial charge on any atom is -0.395 e. The Morgan fingerprint density at radius 2 is 1.17 bits per heavy atom. The maximum atomic E-state index is 12.9. The van der Waals surface area contributed by atoms with Gasteiger partial charge in [0.25, 0.3) is 11.8 Å². The summed E-state index contributed by atoms with van der Waals surface area (Å²) in [5.74, 6) is -0.562. The van der Waals surface area contributed by atoms with Gasteiger partial charge in [0.1, 0.15) is 13.2 Å². The lowest BCUT2D eigenvalue weighted by molar-refractivity contribution is -0.113. The fourth-order valence-electron chi connectivity index (χ4n) is 3.86. The number of fused-ring (bicyclic) bond motifs is 2. The van der Waals surface area contributed by atoms with Crippen molar-refractivity contribution in [3.05, 3.63) is 57.6 Å². The molecule has 0 saturated heterocycles. The average molecular weight is 519 g/mol. The van der Waals surface area contributed by atoms with E-state index in [-0.39, 0.29) is 36.5 Å². The normalized spacial score (nSPS) is 16.9. The molecule has 2 aliphatic rings. The Hall–Kier alpha value is -3.14. The molecule has 0 bridgehead atoms. The zero-order chi connectivity index (χ0) is 24.9. The van der Waals surface area contributed by atoms with Gasteiger partial charge >= 0.3 is 0 Å². The number of amides is 2. The van der Waals surface area contributed by atoms with Crippen molar-refractivity contribution in [3.8, 4) is 0 Å². The number of hydrogen-bond donors (Lipinski definition) is 0. The Kier molecular flexibility index (Phi) is 7.90. The van der Waals surface area contributed by atoms with Gasteiger partial charge < -0.3 is 24.2 Å². The molecule has 0 spiro atoms. The van der Waals surface area contributed by atoms with Crippen LogP contribution in [0.5, 0.6) is 0 Å². The predicted octanol–water partition coefficient (Wildman–Crippen LogP) is 3.88. The van der Waals surface area contributed by atoms with E-state index in [1.165, 1.54) is 0 Å². The molecule has 2 amide bonds. The lowest BCUT2D eigenvalue weighted by atomic mass is 10.1. The minimum absolute atomic E-state index is 0.211. The highest BCUT2D eigenvalue weighted by molar-refractivity contribution is 6.55. The third kappa shape index (κ3) is 5.12. The van der Waals surface area contributed by atoms with E-state index in [2.05, 4.69) is 10.3 Å². The summed E-state index contributed by atoms with van der Waals surface area (Å²) in [6.45, 7) is 5.38. The lowest BCUT2D eigenvalue weighted by Crippen LogP contribution is -2.35. The first kappa shape index (κ1) is 25.0. The van der Waals surface area contributed by atoms with E-state index in [0.29, 0.717) is 58.9 Å². The number of anilines is 2. The van der Waals surface area contributed by atoms with Crippen LogP contribution in [0, 0.1) is 0 Å². The minimum atomic E-state index is -0.281. The van der Waals surface area contributed by atoms with E-state index in [1.54, 1.807) is 60.0 Å². The van der Waals surface area contributed by atoms with Crippen molar-refractivity contribution in [2.75, 3.05) is 49.3 Å². The van der Waals surface area contributed by atoms with Crippen LogP contribution in [0.15, 0.2) is 46.7 Å². The second-order valence-corrected chi connectivity index (χ2v) is 8.44. The van der Waals surface area contributed by atoms with Crippen molar-refractivity contribution >= 4 is 57.8 Å². The van der Waals surface area contributed by atoms with E-state index in [0.717, 1.165) is 0 Å². The van der Waals surface area contributed by atoms with Gasteiger partial charge in [0, 0.05) is 34.3 Å². The van der Waals surface area contributed by atoms with Crippen molar-refractivity contribution in [2.24, 2.45) is 10.3 Å². The summed E-state index contributed by atoms with van der Waals surface area (Å²) in [5, 5.41) is 8.94. The molecule has 2 aliphatic heterocycles. The lowest BCUT2D eigenvalue weighted by Gasteiger charge is -2.19. The molecule has 2 heterocycles. The Bertz CT molecular complexity index is 1110. The third-order valence-electron chi connectivity index (χ3n) is 5.39. The summed E-state index contributed by atoms with van der Waals surface area (Å²) < 4.78 is 5.78. The fraction of sp³-hybridized carbons (Fsp3) is 0.333. The van der Waals surface area contributed by atoms with Gasteiger partial charge in [-0.05, 0) is 50.2 Å². The largest absolute Gasteiger partial charge is 0.395 e. The summed E-state index contributed by atoms with van der Waals surface area (Å²) in [5.41, 5.74) is 3.05. The summed E-state index contributed by atoms with van der Waals surface area (Å²) in [6, 6.07) is 10.4. The molecule has 4 rings (SSSR count). The first-order chi connectivity index (χ1) is 17.0. The first-order valence-electron chi connectivity index (χ1n) is 11.2. The van der Waals surface area contributed by atoms with Crippen molar-refractivity contribution in [2.45, 2.75) is 13.8 Å². The molecule has 11 heteroatoms. The predicted molar refractivity (Wildman–Crippen MR) is 135 cm³/mol. The second-order valence-electron chi connectivity index (χ2n) is 7.56. The van der Waals surface area contributed by atoms with Gasteiger partial charge in [-0.1, -0.05) is 33.5 Å². The van der Waals surface area contributed by atoms with Crippen LogP contribution in [0.2, 0.25) is 10.0 Å². The number of halogens is 2.